The Labute approximate surface area is 282 Å². The fourth-order valence-corrected chi connectivity index (χ4v) is 6.58. The van der Waals surface area contributed by atoms with Crippen LogP contribution in [0, 0.1) is 10.1 Å². The molecule has 3 heterocycles. The molecule has 0 spiro atoms. The van der Waals surface area contributed by atoms with E-state index in [1.807, 2.05) is 30.3 Å². The van der Waals surface area contributed by atoms with Crippen LogP contribution >= 0.6 is 11.3 Å². The number of hydrogen-bond donors (Lipinski definition) is 0. The minimum Gasteiger partial charge on any atom is -0.493 e. The summed E-state index contributed by atoms with van der Waals surface area (Å²) in [4.78, 5) is 55.5. The summed E-state index contributed by atoms with van der Waals surface area (Å²) in [5.74, 6) is -0.776. The summed E-state index contributed by atoms with van der Waals surface area (Å²) in [6.45, 7) is 4.73. The minimum absolute atomic E-state index is 0.103. The molecule has 0 aliphatic carbocycles. The van der Waals surface area contributed by atoms with Crippen LogP contribution in [-0.2, 0) is 14.3 Å². The van der Waals surface area contributed by atoms with Crippen molar-refractivity contribution < 1.29 is 28.7 Å². The van der Waals surface area contributed by atoms with E-state index in [0.29, 0.717) is 32.9 Å². The molecule has 13 nitrogen and oxygen atoms in total. The van der Waals surface area contributed by atoms with Gasteiger partial charge in [0, 0.05) is 36.4 Å². The van der Waals surface area contributed by atoms with Crippen molar-refractivity contribution in [2.75, 3.05) is 13.7 Å². The van der Waals surface area contributed by atoms with Gasteiger partial charge in [-0.25, -0.2) is 14.5 Å². The average Bonchev–Trinajstić information content (AvgIpc) is 3.65. The lowest BCUT2D eigenvalue weighted by atomic mass is 9.95. The lowest BCUT2D eigenvalue weighted by Gasteiger charge is -2.25. The number of fused-ring (bicyclic) bond motifs is 1. The van der Waals surface area contributed by atoms with Crippen LogP contribution in [0.5, 0.6) is 11.5 Å². The van der Waals surface area contributed by atoms with E-state index >= 15 is 0 Å². The van der Waals surface area contributed by atoms with Gasteiger partial charge >= 0.3 is 11.9 Å². The number of esters is 2. The van der Waals surface area contributed by atoms with Crippen molar-refractivity contribution in [1.82, 2.24) is 14.3 Å². The largest absolute Gasteiger partial charge is 0.493 e. The van der Waals surface area contributed by atoms with Crippen molar-refractivity contribution >= 4 is 35.0 Å². The van der Waals surface area contributed by atoms with Gasteiger partial charge in [0.1, 0.15) is 5.69 Å². The molecule has 0 saturated heterocycles. The molecule has 248 valence electrons. The van der Waals surface area contributed by atoms with Gasteiger partial charge in [0.15, 0.2) is 16.3 Å². The number of rotatable bonds is 9. The monoisotopic (exact) mass is 679 g/mol. The van der Waals surface area contributed by atoms with Gasteiger partial charge in [-0.3, -0.25) is 24.3 Å². The highest BCUT2D eigenvalue weighted by atomic mass is 32.1. The number of carbonyl (C=O) groups is 2. The molecule has 0 radical (unpaired) electrons. The van der Waals surface area contributed by atoms with E-state index in [9.17, 15) is 24.5 Å². The van der Waals surface area contributed by atoms with Gasteiger partial charge in [-0.15, -0.1) is 0 Å². The van der Waals surface area contributed by atoms with Crippen molar-refractivity contribution in [3.63, 3.8) is 0 Å². The zero-order chi connectivity index (χ0) is 34.8. The second-order valence-corrected chi connectivity index (χ2v) is 11.8. The molecule has 1 unspecified atom stereocenters. The van der Waals surface area contributed by atoms with Gasteiger partial charge in [0.05, 0.1) is 46.2 Å². The van der Waals surface area contributed by atoms with Crippen LogP contribution in [0.1, 0.15) is 37.9 Å². The molecular formula is C35H29N5O8S. The summed E-state index contributed by atoms with van der Waals surface area (Å²) < 4.78 is 19.5. The van der Waals surface area contributed by atoms with Gasteiger partial charge in [0.25, 0.3) is 11.2 Å². The maximum atomic E-state index is 14.4. The van der Waals surface area contributed by atoms with E-state index in [1.165, 1.54) is 36.8 Å². The van der Waals surface area contributed by atoms with Crippen molar-refractivity contribution in [2.24, 2.45) is 4.99 Å². The van der Waals surface area contributed by atoms with Crippen molar-refractivity contribution in [1.29, 1.82) is 0 Å². The quantitative estimate of drug-likeness (QED) is 0.0948. The molecule has 0 N–H and O–H groups in total. The highest BCUT2D eigenvalue weighted by molar-refractivity contribution is 7.07. The number of hydrogen-bond acceptors (Lipinski definition) is 11. The van der Waals surface area contributed by atoms with Crippen LogP contribution < -0.4 is 24.4 Å². The second kappa shape index (κ2) is 13.5. The third-order valence-electron chi connectivity index (χ3n) is 7.65. The van der Waals surface area contributed by atoms with Gasteiger partial charge in [-0.2, -0.15) is 5.10 Å². The molecular weight excluding hydrogens is 650 g/mol. The first-order chi connectivity index (χ1) is 23.6. The van der Waals surface area contributed by atoms with Gasteiger partial charge in [-0.1, -0.05) is 47.7 Å². The maximum absolute atomic E-state index is 14.4. The Balaban J connectivity index is 1.57. The fraction of sp³-hybridized carbons (Fsp3) is 0.171. The van der Waals surface area contributed by atoms with Crippen LogP contribution in [0.2, 0.25) is 0 Å². The number of para-hydroxylation sites is 1. The number of thiazole rings is 1. The van der Waals surface area contributed by atoms with E-state index in [0.717, 1.165) is 17.0 Å². The molecule has 1 aliphatic rings. The average molecular weight is 680 g/mol. The molecule has 0 bridgehead atoms. The summed E-state index contributed by atoms with van der Waals surface area (Å²) in [5, 5.41) is 16.3. The summed E-state index contributed by atoms with van der Waals surface area (Å²) in [6.07, 6.45) is 3.41. The third-order valence-corrected chi connectivity index (χ3v) is 8.64. The Morgan fingerprint density at radius 2 is 1.84 bits per heavy atom. The fourth-order valence-electron chi connectivity index (χ4n) is 5.54. The molecule has 0 fully saturated rings. The molecule has 5 aromatic rings. The molecule has 1 atom stereocenters. The molecule has 49 heavy (non-hydrogen) atoms. The standard InChI is InChI=1S/C35H29N5O8S/c1-5-47-34(43)30-20(2)36-35-39(32(30)23-14-15-27(48-21(3)41)28(17-23)46-4)33(42)29(49-35)18-24-19-38(25-11-7-6-8-12-25)37-31(24)22-10-9-13-26(16-22)40(44)45/h6-19,32H,5H2,1-4H3. The molecule has 6 rings (SSSR count). The number of nitro groups is 1. The van der Waals surface area contributed by atoms with Gasteiger partial charge in [0.2, 0.25) is 0 Å². The van der Waals surface area contributed by atoms with Crippen molar-refractivity contribution in [2.45, 2.75) is 26.8 Å². The number of nitro benzene ring substituents is 1. The lowest BCUT2D eigenvalue weighted by Crippen LogP contribution is -2.40. The highest BCUT2D eigenvalue weighted by Crippen LogP contribution is 2.36. The number of methoxy groups -OCH3 is 1. The summed E-state index contributed by atoms with van der Waals surface area (Å²) in [6, 6.07) is 19.3. The zero-order valence-corrected chi connectivity index (χ0v) is 27.6. The van der Waals surface area contributed by atoms with Crippen molar-refractivity contribution in [3.05, 3.63) is 131 Å². The first-order valence-corrected chi connectivity index (χ1v) is 15.9. The molecule has 2 aromatic heterocycles. The topological polar surface area (TPSA) is 157 Å². The molecule has 0 saturated carbocycles. The third kappa shape index (κ3) is 6.41. The number of nitrogens with zero attached hydrogens (tertiary/aromatic N) is 5. The van der Waals surface area contributed by atoms with Crippen molar-refractivity contribution in [3.8, 4) is 28.4 Å². The summed E-state index contributed by atoms with van der Waals surface area (Å²) >= 11 is 1.12. The second-order valence-electron chi connectivity index (χ2n) is 10.8. The number of aromatic nitrogens is 3. The predicted octanol–water partition coefficient (Wildman–Crippen LogP) is 4.49. The van der Waals surface area contributed by atoms with E-state index in [1.54, 1.807) is 55.1 Å². The van der Waals surface area contributed by atoms with E-state index in [2.05, 4.69) is 4.99 Å². The lowest BCUT2D eigenvalue weighted by molar-refractivity contribution is -0.384. The number of benzene rings is 3. The van der Waals surface area contributed by atoms with Crippen LogP contribution in [0.4, 0.5) is 5.69 Å². The normalized spacial score (nSPS) is 14.2. The first-order valence-electron chi connectivity index (χ1n) is 15.1. The highest BCUT2D eigenvalue weighted by Gasteiger charge is 2.34. The Kier molecular flexibility index (Phi) is 9.05. The number of ether oxygens (including phenoxy) is 3. The Bertz CT molecular complexity index is 2340. The van der Waals surface area contributed by atoms with Crippen LogP contribution in [0.3, 0.4) is 0 Å². The molecule has 14 heteroatoms. The Morgan fingerprint density at radius 1 is 1.06 bits per heavy atom. The number of allylic oxidation sites excluding steroid dienone is 1. The number of non-ortho nitro benzene ring substituents is 1. The smallest absolute Gasteiger partial charge is 0.338 e. The Hall–Kier alpha value is -6.15. The van der Waals surface area contributed by atoms with E-state index in [-0.39, 0.29) is 33.9 Å². The molecule has 3 aromatic carbocycles. The summed E-state index contributed by atoms with van der Waals surface area (Å²) in [7, 11) is 1.42. The van der Waals surface area contributed by atoms with Gasteiger partial charge < -0.3 is 14.2 Å². The predicted molar refractivity (Wildman–Crippen MR) is 180 cm³/mol. The first kappa shape index (κ1) is 32.8. The molecule has 0 amide bonds. The Morgan fingerprint density at radius 3 is 2.53 bits per heavy atom. The van der Waals surface area contributed by atoms with Crippen LogP contribution in [0.15, 0.2) is 100 Å². The minimum atomic E-state index is -0.957. The van der Waals surface area contributed by atoms with Crippen LogP contribution in [-0.4, -0.2) is 44.9 Å². The maximum Gasteiger partial charge on any atom is 0.338 e. The van der Waals surface area contributed by atoms with E-state index < -0.39 is 28.5 Å². The zero-order valence-electron chi connectivity index (χ0n) is 26.8. The van der Waals surface area contributed by atoms with Gasteiger partial charge in [-0.05, 0) is 49.8 Å². The number of carbonyl (C=O) groups excluding carboxylic acids is 2. The molecule has 1 aliphatic heterocycles. The summed E-state index contributed by atoms with van der Waals surface area (Å²) in [5.41, 5.74) is 2.66. The van der Waals surface area contributed by atoms with E-state index in [4.69, 9.17) is 19.3 Å². The van der Waals surface area contributed by atoms with Crippen LogP contribution in [0.25, 0.3) is 23.0 Å². The SMILES string of the molecule is CCOC(=O)C1=C(C)N=c2sc(=Cc3cn(-c4ccccc4)nc3-c3cccc([N+](=O)[O-])c3)c(=O)n2C1c1ccc(OC(C)=O)c(OC)c1.